The second kappa shape index (κ2) is 2.81. The Morgan fingerprint density at radius 3 is 2.18 bits per heavy atom. The second-order valence-electron chi connectivity index (χ2n) is 3.56. The van der Waals surface area contributed by atoms with E-state index in [4.69, 9.17) is 0 Å². The number of hydrogen-bond acceptors (Lipinski definition) is 2. The molecule has 3 heteroatoms. The molecule has 1 saturated heterocycles. The van der Waals surface area contributed by atoms with E-state index in [0.29, 0.717) is 0 Å². The minimum Gasteiger partial charge on any atom is -0.381 e. The largest absolute Gasteiger partial charge is 0.381 e. The highest BCUT2D eigenvalue weighted by Gasteiger charge is 2.30. The van der Waals surface area contributed by atoms with Crippen LogP contribution in [0.5, 0.6) is 0 Å². The first kappa shape index (κ1) is 8.53. The molecule has 11 heavy (non-hydrogen) atoms. The Kier molecular flexibility index (Phi) is 2.18. The highest BCUT2D eigenvalue weighted by molar-refractivity contribution is 5.84. The number of amides is 1. The standard InChI is InChI=1S/C8H15NO2/c1-8(2,11)7(10)9-5-3-4-6-9/h11H,3-6H2,1-2H3. The van der Waals surface area contributed by atoms with Gasteiger partial charge in [0.05, 0.1) is 0 Å². The molecule has 1 N–H and O–H groups in total. The number of hydrogen-bond donors (Lipinski definition) is 1. The van der Waals surface area contributed by atoms with Crippen molar-refractivity contribution < 1.29 is 9.90 Å². The Balaban J connectivity index is 2.53. The molecule has 1 aliphatic rings. The van der Waals surface area contributed by atoms with Crippen LogP contribution in [-0.4, -0.2) is 34.6 Å². The van der Waals surface area contributed by atoms with Crippen molar-refractivity contribution in [3.63, 3.8) is 0 Å². The SMILES string of the molecule is CC(C)(O)C(=O)N1CCCC1. The highest BCUT2D eigenvalue weighted by Crippen LogP contribution is 2.13. The fraction of sp³-hybridized carbons (Fsp3) is 0.875. The zero-order valence-corrected chi connectivity index (χ0v) is 7.13. The molecule has 0 radical (unpaired) electrons. The monoisotopic (exact) mass is 157 g/mol. The summed E-state index contributed by atoms with van der Waals surface area (Å²) in [6.45, 7) is 4.69. The van der Waals surface area contributed by atoms with Gasteiger partial charge < -0.3 is 10.0 Å². The van der Waals surface area contributed by atoms with Gasteiger partial charge in [-0.15, -0.1) is 0 Å². The molecule has 1 amide bonds. The Bertz CT molecular complexity index is 154. The number of aliphatic hydroxyl groups is 1. The predicted molar refractivity (Wildman–Crippen MR) is 42.1 cm³/mol. The first-order chi connectivity index (χ1) is 5.02. The van der Waals surface area contributed by atoms with E-state index >= 15 is 0 Å². The third-order valence-electron chi connectivity index (χ3n) is 1.92. The first-order valence-corrected chi connectivity index (χ1v) is 4.03. The Morgan fingerprint density at radius 1 is 1.36 bits per heavy atom. The summed E-state index contributed by atoms with van der Waals surface area (Å²) in [6.07, 6.45) is 2.14. The van der Waals surface area contributed by atoms with E-state index in [9.17, 15) is 9.90 Å². The Morgan fingerprint density at radius 2 is 1.82 bits per heavy atom. The van der Waals surface area contributed by atoms with Gasteiger partial charge in [0.15, 0.2) is 0 Å². The van der Waals surface area contributed by atoms with Crippen LogP contribution in [0.15, 0.2) is 0 Å². The number of rotatable bonds is 1. The fourth-order valence-corrected chi connectivity index (χ4v) is 1.31. The minimum absolute atomic E-state index is 0.144. The lowest BCUT2D eigenvalue weighted by molar-refractivity contribution is -0.146. The van der Waals surface area contributed by atoms with Crippen molar-refractivity contribution in [2.24, 2.45) is 0 Å². The molecule has 0 unspecified atom stereocenters. The molecular weight excluding hydrogens is 142 g/mol. The molecule has 0 aliphatic carbocycles. The quantitative estimate of drug-likeness (QED) is 0.597. The summed E-state index contributed by atoms with van der Waals surface area (Å²) in [6, 6.07) is 0. The topological polar surface area (TPSA) is 40.5 Å². The molecule has 0 saturated carbocycles. The molecule has 0 spiro atoms. The molecule has 0 aromatic rings. The zero-order valence-electron chi connectivity index (χ0n) is 7.13. The van der Waals surface area contributed by atoms with Crippen LogP contribution in [0.25, 0.3) is 0 Å². The third kappa shape index (κ3) is 1.93. The fourth-order valence-electron chi connectivity index (χ4n) is 1.31. The summed E-state index contributed by atoms with van der Waals surface area (Å²) >= 11 is 0. The average Bonchev–Trinajstić information content (AvgIpc) is 2.34. The van der Waals surface area contributed by atoms with Crippen LogP contribution in [-0.2, 0) is 4.79 Å². The maximum Gasteiger partial charge on any atom is 0.253 e. The van der Waals surface area contributed by atoms with E-state index in [1.54, 1.807) is 4.90 Å². The summed E-state index contributed by atoms with van der Waals surface area (Å²) in [4.78, 5) is 13.1. The van der Waals surface area contributed by atoms with Gasteiger partial charge in [-0.1, -0.05) is 0 Å². The lowest BCUT2D eigenvalue weighted by Gasteiger charge is -2.23. The highest BCUT2D eigenvalue weighted by atomic mass is 16.3. The van der Waals surface area contributed by atoms with Crippen LogP contribution in [0.2, 0.25) is 0 Å². The maximum absolute atomic E-state index is 11.3. The van der Waals surface area contributed by atoms with E-state index < -0.39 is 5.60 Å². The van der Waals surface area contributed by atoms with Crippen molar-refractivity contribution >= 4 is 5.91 Å². The summed E-state index contributed by atoms with van der Waals surface area (Å²) in [5, 5.41) is 9.36. The van der Waals surface area contributed by atoms with E-state index in [1.807, 2.05) is 0 Å². The van der Waals surface area contributed by atoms with Gasteiger partial charge in [0.2, 0.25) is 0 Å². The van der Waals surface area contributed by atoms with E-state index in [1.165, 1.54) is 13.8 Å². The lowest BCUT2D eigenvalue weighted by Crippen LogP contribution is -2.43. The summed E-state index contributed by atoms with van der Waals surface area (Å²) in [7, 11) is 0. The normalized spacial score (nSPS) is 19.0. The summed E-state index contributed by atoms with van der Waals surface area (Å²) < 4.78 is 0. The number of likely N-dealkylation sites (tertiary alicyclic amines) is 1. The Hall–Kier alpha value is -0.570. The molecule has 1 rings (SSSR count). The maximum atomic E-state index is 11.3. The molecule has 0 aromatic carbocycles. The Labute approximate surface area is 67.0 Å². The van der Waals surface area contributed by atoms with Gasteiger partial charge in [-0.2, -0.15) is 0 Å². The van der Waals surface area contributed by atoms with Crippen LogP contribution in [0, 0.1) is 0 Å². The van der Waals surface area contributed by atoms with Gasteiger partial charge in [-0.3, -0.25) is 4.79 Å². The first-order valence-electron chi connectivity index (χ1n) is 4.03. The smallest absolute Gasteiger partial charge is 0.253 e. The molecule has 3 nitrogen and oxygen atoms in total. The van der Waals surface area contributed by atoms with Crippen molar-refractivity contribution in [1.82, 2.24) is 4.90 Å². The van der Waals surface area contributed by atoms with E-state index in [0.717, 1.165) is 25.9 Å². The van der Waals surface area contributed by atoms with Crippen LogP contribution < -0.4 is 0 Å². The van der Waals surface area contributed by atoms with Crippen molar-refractivity contribution in [2.75, 3.05) is 13.1 Å². The van der Waals surface area contributed by atoms with Gasteiger partial charge >= 0.3 is 0 Å². The van der Waals surface area contributed by atoms with Crippen LogP contribution >= 0.6 is 0 Å². The van der Waals surface area contributed by atoms with Crippen LogP contribution in [0.3, 0.4) is 0 Å². The molecular formula is C8H15NO2. The van der Waals surface area contributed by atoms with E-state index in [2.05, 4.69) is 0 Å². The number of carbonyl (C=O) groups is 1. The van der Waals surface area contributed by atoms with Gasteiger partial charge in [0.25, 0.3) is 5.91 Å². The minimum atomic E-state index is -1.19. The van der Waals surface area contributed by atoms with Gasteiger partial charge in [0.1, 0.15) is 5.60 Å². The average molecular weight is 157 g/mol. The third-order valence-corrected chi connectivity index (χ3v) is 1.92. The number of nitrogens with zero attached hydrogens (tertiary/aromatic N) is 1. The molecule has 0 atom stereocenters. The number of carbonyl (C=O) groups excluding carboxylic acids is 1. The zero-order chi connectivity index (χ0) is 8.48. The van der Waals surface area contributed by atoms with Gasteiger partial charge in [-0.05, 0) is 26.7 Å². The van der Waals surface area contributed by atoms with Crippen molar-refractivity contribution in [1.29, 1.82) is 0 Å². The molecule has 0 bridgehead atoms. The van der Waals surface area contributed by atoms with Gasteiger partial charge in [0, 0.05) is 13.1 Å². The summed E-state index contributed by atoms with van der Waals surface area (Å²) in [5.41, 5.74) is -1.19. The molecule has 1 aliphatic heterocycles. The van der Waals surface area contributed by atoms with Crippen molar-refractivity contribution in [3.05, 3.63) is 0 Å². The lowest BCUT2D eigenvalue weighted by atomic mass is 10.1. The van der Waals surface area contributed by atoms with Crippen molar-refractivity contribution in [3.8, 4) is 0 Å². The summed E-state index contributed by atoms with van der Waals surface area (Å²) in [5.74, 6) is -0.144. The molecule has 64 valence electrons. The van der Waals surface area contributed by atoms with Gasteiger partial charge in [-0.25, -0.2) is 0 Å². The molecule has 1 heterocycles. The molecule has 1 fully saturated rings. The van der Waals surface area contributed by atoms with Crippen molar-refractivity contribution in [2.45, 2.75) is 32.3 Å². The second-order valence-corrected chi connectivity index (χ2v) is 3.56. The molecule has 0 aromatic heterocycles. The van der Waals surface area contributed by atoms with E-state index in [-0.39, 0.29) is 5.91 Å². The predicted octanol–water partition coefficient (Wildman–Crippen LogP) is 0.380. The van der Waals surface area contributed by atoms with Crippen LogP contribution in [0.4, 0.5) is 0 Å². The van der Waals surface area contributed by atoms with Crippen LogP contribution in [0.1, 0.15) is 26.7 Å².